The molecule has 0 aliphatic rings. The molecule has 4 aromatic rings. The molecule has 2 amide bonds. The van der Waals surface area contributed by atoms with E-state index in [2.05, 4.69) is 10.3 Å². The second kappa shape index (κ2) is 9.50. The Balaban J connectivity index is 1.60. The summed E-state index contributed by atoms with van der Waals surface area (Å²) in [5.74, 6) is 1.18. The average Bonchev–Trinajstić information content (AvgIpc) is 2.84. The number of amides is 2. The molecular weight excluding hydrogens is 434 g/mol. The van der Waals surface area contributed by atoms with Gasteiger partial charge in [-0.2, -0.15) is 0 Å². The van der Waals surface area contributed by atoms with Crippen molar-refractivity contribution in [3.63, 3.8) is 0 Å². The second-order valence-corrected chi connectivity index (χ2v) is 7.46. The van der Waals surface area contributed by atoms with Gasteiger partial charge in [0.15, 0.2) is 11.5 Å². The topological polar surface area (TPSA) is 113 Å². The number of anilines is 1. The number of benzene rings is 3. The van der Waals surface area contributed by atoms with Crippen LogP contribution in [-0.4, -0.2) is 31.0 Å². The van der Waals surface area contributed by atoms with Crippen molar-refractivity contribution in [1.82, 2.24) is 4.98 Å². The van der Waals surface area contributed by atoms with E-state index in [1.54, 1.807) is 44.4 Å². The summed E-state index contributed by atoms with van der Waals surface area (Å²) >= 11 is 0. The number of rotatable bonds is 7. The predicted molar refractivity (Wildman–Crippen MR) is 129 cm³/mol. The van der Waals surface area contributed by atoms with Crippen LogP contribution in [0.1, 0.15) is 26.4 Å². The van der Waals surface area contributed by atoms with E-state index < -0.39 is 5.91 Å². The highest BCUT2D eigenvalue weighted by Gasteiger charge is 2.14. The van der Waals surface area contributed by atoms with Crippen molar-refractivity contribution >= 4 is 28.3 Å². The van der Waals surface area contributed by atoms with Gasteiger partial charge in [-0.15, -0.1) is 0 Å². The van der Waals surface area contributed by atoms with Gasteiger partial charge in [0, 0.05) is 28.4 Å². The van der Waals surface area contributed by atoms with Crippen molar-refractivity contribution in [1.29, 1.82) is 0 Å². The summed E-state index contributed by atoms with van der Waals surface area (Å²) in [5.41, 5.74) is 7.19. The number of hydrogen-bond donors (Lipinski definition) is 2. The number of hydrogen-bond acceptors (Lipinski definition) is 6. The standard InChI is InChI=1S/C26H23N3O5/c1-15-21(11-12-28-24(15)25(27)30)34-18-8-9-19-16(13-18)5-4-6-20(19)29-26(31)17-7-10-22(32-2)23(14-17)33-3/h4-14H,1-3H3,(H2,27,30)(H,29,31). The Labute approximate surface area is 196 Å². The quantitative estimate of drug-likeness (QED) is 0.416. The number of primary amides is 1. The normalized spacial score (nSPS) is 10.6. The molecule has 172 valence electrons. The van der Waals surface area contributed by atoms with E-state index in [4.69, 9.17) is 19.9 Å². The fourth-order valence-electron chi connectivity index (χ4n) is 3.61. The smallest absolute Gasteiger partial charge is 0.267 e. The Hall–Kier alpha value is -4.59. The molecule has 0 saturated carbocycles. The van der Waals surface area contributed by atoms with Crippen LogP contribution >= 0.6 is 0 Å². The van der Waals surface area contributed by atoms with Crippen LogP contribution < -0.4 is 25.3 Å². The third-order valence-electron chi connectivity index (χ3n) is 5.36. The minimum Gasteiger partial charge on any atom is -0.493 e. The van der Waals surface area contributed by atoms with Crippen molar-refractivity contribution in [2.24, 2.45) is 5.73 Å². The molecule has 0 spiro atoms. The van der Waals surface area contributed by atoms with E-state index in [0.29, 0.717) is 39.8 Å². The van der Waals surface area contributed by atoms with Crippen LogP contribution in [0.3, 0.4) is 0 Å². The molecule has 34 heavy (non-hydrogen) atoms. The Morgan fingerprint density at radius 1 is 0.912 bits per heavy atom. The first kappa shape index (κ1) is 22.6. The summed E-state index contributed by atoms with van der Waals surface area (Å²) in [5, 5.41) is 4.66. The number of nitrogens with two attached hydrogens (primary N) is 1. The van der Waals surface area contributed by atoms with Gasteiger partial charge in [-0.05, 0) is 60.8 Å². The molecule has 0 atom stereocenters. The Morgan fingerprint density at radius 2 is 1.71 bits per heavy atom. The molecular formula is C26H23N3O5. The van der Waals surface area contributed by atoms with Gasteiger partial charge in [-0.25, -0.2) is 0 Å². The number of carbonyl (C=O) groups is 2. The first-order valence-corrected chi connectivity index (χ1v) is 10.4. The Morgan fingerprint density at radius 3 is 2.44 bits per heavy atom. The molecule has 0 aliphatic carbocycles. The molecule has 0 aliphatic heterocycles. The molecule has 1 aromatic heterocycles. The number of methoxy groups -OCH3 is 2. The first-order chi connectivity index (χ1) is 16.4. The van der Waals surface area contributed by atoms with E-state index in [9.17, 15) is 9.59 Å². The van der Waals surface area contributed by atoms with Crippen molar-refractivity contribution in [3.05, 3.63) is 83.7 Å². The number of carbonyl (C=O) groups excluding carboxylic acids is 2. The van der Waals surface area contributed by atoms with Gasteiger partial charge in [-0.1, -0.05) is 12.1 Å². The largest absolute Gasteiger partial charge is 0.493 e. The number of aromatic nitrogens is 1. The van der Waals surface area contributed by atoms with Crippen LogP contribution in [0.4, 0.5) is 5.69 Å². The fourth-order valence-corrected chi connectivity index (χ4v) is 3.61. The van der Waals surface area contributed by atoms with Gasteiger partial charge >= 0.3 is 0 Å². The first-order valence-electron chi connectivity index (χ1n) is 10.4. The molecule has 1 heterocycles. The number of pyridine rings is 1. The van der Waals surface area contributed by atoms with Crippen LogP contribution in [0, 0.1) is 6.92 Å². The van der Waals surface area contributed by atoms with Gasteiger partial charge in [-0.3, -0.25) is 14.6 Å². The third-order valence-corrected chi connectivity index (χ3v) is 5.36. The van der Waals surface area contributed by atoms with E-state index in [0.717, 1.165) is 10.8 Å². The monoisotopic (exact) mass is 457 g/mol. The maximum atomic E-state index is 12.9. The Kier molecular flexibility index (Phi) is 6.31. The highest BCUT2D eigenvalue weighted by molar-refractivity contribution is 6.09. The van der Waals surface area contributed by atoms with Crippen molar-refractivity contribution in [3.8, 4) is 23.0 Å². The molecule has 0 radical (unpaired) electrons. The minimum absolute atomic E-state index is 0.165. The van der Waals surface area contributed by atoms with Crippen LogP contribution in [0.25, 0.3) is 10.8 Å². The SMILES string of the molecule is COc1ccc(C(=O)Nc2cccc3cc(Oc4ccnc(C(N)=O)c4C)ccc23)cc1OC. The lowest BCUT2D eigenvalue weighted by Crippen LogP contribution is -2.15. The lowest BCUT2D eigenvalue weighted by atomic mass is 10.1. The fraction of sp³-hybridized carbons (Fsp3) is 0.115. The van der Waals surface area contributed by atoms with E-state index in [1.807, 2.05) is 30.3 Å². The van der Waals surface area contributed by atoms with Gasteiger partial charge < -0.3 is 25.3 Å². The van der Waals surface area contributed by atoms with Crippen LogP contribution in [0.15, 0.2) is 66.9 Å². The summed E-state index contributed by atoms with van der Waals surface area (Å²) in [6.07, 6.45) is 1.48. The van der Waals surface area contributed by atoms with Crippen molar-refractivity contribution in [2.45, 2.75) is 6.92 Å². The molecule has 8 heteroatoms. The molecule has 0 bridgehead atoms. The molecule has 8 nitrogen and oxygen atoms in total. The molecule has 0 saturated heterocycles. The third kappa shape index (κ3) is 4.47. The zero-order valence-electron chi connectivity index (χ0n) is 18.9. The highest BCUT2D eigenvalue weighted by Crippen LogP contribution is 2.32. The van der Waals surface area contributed by atoms with Crippen molar-refractivity contribution < 1.29 is 23.8 Å². The number of fused-ring (bicyclic) bond motifs is 1. The lowest BCUT2D eigenvalue weighted by molar-refractivity contribution is 0.0992. The summed E-state index contributed by atoms with van der Waals surface area (Å²) in [4.78, 5) is 28.4. The molecule has 3 aromatic carbocycles. The van der Waals surface area contributed by atoms with Gasteiger partial charge in [0.05, 0.1) is 14.2 Å². The highest BCUT2D eigenvalue weighted by atomic mass is 16.5. The van der Waals surface area contributed by atoms with Gasteiger partial charge in [0.2, 0.25) is 0 Å². The number of nitrogens with one attached hydrogen (secondary N) is 1. The van der Waals surface area contributed by atoms with Crippen LogP contribution in [-0.2, 0) is 0 Å². The average molecular weight is 457 g/mol. The minimum atomic E-state index is -0.615. The maximum absolute atomic E-state index is 12.9. The van der Waals surface area contributed by atoms with Gasteiger partial charge in [0.1, 0.15) is 17.2 Å². The number of nitrogens with zero attached hydrogens (tertiary/aromatic N) is 1. The Bertz CT molecular complexity index is 1400. The van der Waals surface area contributed by atoms with E-state index in [-0.39, 0.29) is 11.6 Å². The summed E-state index contributed by atoms with van der Waals surface area (Å²) in [7, 11) is 3.06. The molecule has 3 N–H and O–H groups in total. The summed E-state index contributed by atoms with van der Waals surface area (Å²) in [6, 6.07) is 17.8. The van der Waals surface area contributed by atoms with Crippen LogP contribution in [0.2, 0.25) is 0 Å². The number of ether oxygens (including phenoxy) is 3. The summed E-state index contributed by atoms with van der Waals surface area (Å²) in [6.45, 7) is 1.73. The summed E-state index contributed by atoms with van der Waals surface area (Å²) < 4.78 is 16.5. The maximum Gasteiger partial charge on any atom is 0.267 e. The van der Waals surface area contributed by atoms with E-state index in [1.165, 1.54) is 13.3 Å². The second-order valence-electron chi connectivity index (χ2n) is 7.46. The lowest BCUT2D eigenvalue weighted by Gasteiger charge is -2.13. The molecule has 0 unspecified atom stereocenters. The van der Waals surface area contributed by atoms with Crippen molar-refractivity contribution in [2.75, 3.05) is 19.5 Å². The van der Waals surface area contributed by atoms with Gasteiger partial charge in [0.25, 0.3) is 11.8 Å². The predicted octanol–water partition coefficient (Wildman–Crippen LogP) is 4.70. The zero-order valence-corrected chi connectivity index (χ0v) is 18.9. The molecule has 0 fully saturated rings. The van der Waals surface area contributed by atoms with E-state index >= 15 is 0 Å². The van der Waals surface area contributed by atoms with Crippen LogP contribution in [0.5, 0.6) is 23.0 Å². The molecule has 4 rings (SSSR count). The zero-order chi connectivity index (χ0) is 24.2.